The topological polar surface area (TPSA) is 68.1 Å². The van der Waals surface area contributed by atoms with Gasteiger partial charge in [0.1, 0.15) is 18.1 Å². The third-order valence-electron chi connectivity index (χ3n) is 5.02. The minimum Gasteiger partial charge on any atom is -0.494 e. The van der Waals surface area contributed by atoms with Gasteiger partial charge in [0.25, 0.3) is 0 Å². The maximum absolute atomic E-state index is 11.0. The molecule has 0 spiro atoms. The van der Waals surface area contributed by atoms with Crippen LogP contribution >= 0.6 is 0 Å². The van der Waals surface area contributed by atoms with Crippen LogP contribution in [-0.4, -0.2) is 23.9 Å². The summed E-state index contributed by atoms with van der Waals surface area (Å²) in [5.74, 6) is 0.579. The molecule has 5 nitrogen and oxygen atoms in total. The van der Waals surface area contributed by atoms with Gasteiger partial charge in [0.05, 0.1) is 17.9 Å². The van der Waals surface area contributed by atoms with Crippen molar-refractivity contribution in [2.24, 2.45) is 4.99 Å². The molecule has 0 amide bonds. The van der Waals surface area contributed by atoms with E-state index in [0.717, 1.165) is 33.3 Å². The van der Waals surface area contributed by atoms with Gasteiger partial charge in [0.15, 0.2) is 0 Å². The van der Waals surface area contributed by atoms with Gasteiger partial charge in [-0.2, -0.15) is 0 Å². The van der Waals surface area contributed by atoms with E-state index in [1.165, 1.54) is 0 Å². The Morgan fingerprint density at radius 1 is 0.906 bits per heavy atom. The fourth-order valence-electron chi connectivity index (χ4n) is 3.37. The number of hydrogen-bond acceptors (Lipinski definition) is 4. The summed E-state index contributed by atoms with van der Waals surface area (Å²) in [6.07, 6.45) is 1.82. The van der Waals surface area contributed by atoms with E-state index in [1.54, 1.807) is 24.3 Å². The zero-order chi connectivity index (χ0) is 22.3. The summed E-state index contributed by atoms with van der Waals surface area (Å²) in [5, 5.41) is 11.2. The number of rotatable bonds is 8. The Kier molecular flexibility index (Phi) is 6.46. The summed E-state index contributed by atoms with van der Waals surface area (Å²) in [6, 6.07) is 26.4. The van der Waals surface area contributed by atoms with Gasteiger partial charge >= 0.3 is 5.97 Å². The molecule has 160 valence electrons. The van der Waals surface area contributed by atoms with E-state index in [4.69, 9.17) is 14.6 Å². The SMILES string of the molecule is CCOc1ccc(N=Cc2c(OCc3ccc(C(=O)O)cc3)ccc3ccccc23)cc1. The van der Waals surface area contributed by atoms with E-state index in [2.05, 4.69) is 11.1 Å². The number of benzene rings is 4. The second kappa shape index (κ2) is 9.79. The van der Waals surface area contributed by atoms with E-state index < -0.39 is 5.97 Å². The van der Waals surface area contributed by atoms with E-state index in [0.29, 0.717) is 19.0 Å². The maximum atomic E-state index is 11.0. The van der Waals surface area contributed by atoms with Crippen LogP contribution in [0.1, 0.15) is 28.4 Å². The van der Waals surface area contributed by atoms with E-state index in [1.807, 2.05) is 67.7 Å². The van der Waals surface area contributed by atoms with Crippen LogP contribution in [0.2, 0.25) is 0 Å². The Bertz CT molecular complexity index is 1250. The Labute approximate surface area is 186 Å². The van der Waals surface area contributed by atoms with Gasteiger partial charge in [-0.3, -0.25) is 4.99 Å². The molecule has 4 aromatic carbocycles. The van der Waals surface area contributed by atoms with Crippen molar-refractivity contribution in [3.8, 4) is 11.5 Å². The molecule has 0 bridgehead atoms. The van der Waals surface area contributed by atoms with Gasteiger partial charge in [0.2, 0.25) is 0 Å². The number of aromatic carboxylic acids is 1. The Morgan fingerprint density at radius 3 is 2.38 bits per heavy atom. The summed E-state index contributed by atoms with van der Waals surface area (Å²) in [5.41, 5.74) is 2.84. The molecular formula is C27H23NO4. The van der Waals surface area contributed by atoms with Crippen molar-refractivity contribution in [2.75, 3.05) is 6.61 Å². The Morgan fingerprint density at radius 2 is 1.66 bits per heavy atom. The second-order valence-corrected chi connectivity index (χ2v) is 7.17. The molecule has 0 fully saturated rings. The second-order valence-electron chi connectivity index (χ2n) is 7.17. The van der Waals surface area contributed by atoms with Crippen LogP contribution in [0.3, 0.4) is 0 Å². The first-order valence-corrected chi connectivity index (χ1v) is 10.4. The van der Waals surface area contributed by atoms with E-state index in [9.17, 15) is 4.79 Å². The molecule has 0 aliphatic carbocycles. The highest BCUT2D eigenvalue weighted by Gasteiger charge is 2.08. The normalized spacial score (nSPS) is 11.0. The predicted molar refractivity (Wildman–Crippen MR) is 127 cm³/mol. The van der Waals surface area contributed by atoms with Crippen LogP contribution in [-0.2, 0) is 6.61 Å². The number of nitrogens with zero attached hydrogens (tertiary/aromatic N) is 1. The highest BCUT2D eigenvalue weighted by Crippen LogP contribution is 2.28. The van der Waals surface area contributed by atoms with Gasteiger partial charge < -0.3 is 14.6 Å². The van der Waals surface area contributed by atoms with Crippen molar-refractivity contribution < 1.29 is 19.4 Å². The number of aliphatic imine (C=N–C) groups is 1. The third-order valence-corrected chi connectivity index (χ3v) is 5.02. The molecule has 0 aliphatic heterocycles. The molecule has 4 rings (SSSR count). The van der Waals surface area contributed by atoms with Gasteiger partial charge in [-0.05, 0) is 65.7 Å². The van der Waals surface area contributed by atoms with Crippen LogP contribution in [0, 0.1) is 0 Å². The monoisotopic (exact) mass is 425 g/mol. The lowest BCUT2D eigenvalue weighted by Gasteiger charge is -2.12. The number of carboxylic acids is 1. The molecule has 0 radical (unpaired) electrons. The Hall–Kier alpha value is -4.12. The smallest absolute Gasteiger partial charge is 0.335 e. The van der Waals surface area contributed by atoms with E-state index in [-0.39, 0.29) is 5.56 Å². The van der Waals surface area contributed by atoms with Crippen molar-refractivity contribution in [2.45, 2.75) is 13.5 Å². The minimum atomic E-state index is -0.945. The predicted octanol–water partition coefficient (Wildman–Crippen LogP) is 6.27. The summed E-state index contributed by atoms with van der Waals surface area (Å²) in [4.78, 5) is 15.7. The standard InChI is InChI=1S/C27H23NO4/c1-2-31-23-14-12-22(13-15-23)28-17-25-24-6-4-3-5-20(24)11-16-26(25)32-18-19-7-9-21(10-8-19)27(29)30/h3-17H,2,18H2,1H3,(H,29,30). The quantitative estimate of drug-likeness (QED) is 0.338. The summed E-state index contributed by atoms with van der Waals surface area (Å²) >= 11 is 0. The molecule has 4 aromatic rings. The van der Waals surface area contributed by atoms with Crippen molar-refractivity contribution in [1.29, 1.82) is 0 Å². The molecular weight excluding hydrogens is 402 g/mol. The zero-order valence-electron chi connectivity index (χ0n) is 17.7. The van der Waals surface area contributed by atoms with Gasteiger partial charge in [-0.15, -0.1) is 0 Å². The average Bonchev–Trinajstić information content (AvgIpc) is 2.83. The number of hydrogen-bond donors (Lipinski definition) is 1. The molecule has 0 heterocycles. The van der Waals surface area contributed by atoms with Crippen molar-refractivity contribution in [1.82, 2.24) is 0 Å². The lowest BCUT2D eigenvalue weighted by molar-refractivity contribution is 0.0697. The largest absolute Gasteiger partial charge is 0.494 e. The molecule has 0 unspecified atom stereocenters. The molecule has 0 aliphatic rings. The average molecular weight is 425 g/mol. The van der Waals surface area contributed by atoms with Crippen LogP contribution in [0.25, 0.3) is 10.8 Å². The molecule has 0 atom stereocenters. The van der Waals surface area contributed by atoms with Gasteiger partial charge in [0, 0.05) is 11.8 Å². The lowest BCUT2D eigenvalue weighted by Crippen LogP contribution is -2.01. The van der Waals surface area contributed by atoms with Crippen LogP contribution in [0.15, 0.2) is 89.9 Å². The molecule has 32 heavy (non-hydrogen) atoms. The van der Waals surface area contributed by atoms with Crippen LogP contribution in [0.5, 0.6) is 11.5 Å². The molecule has 1 N–H and O–H groups in total. The molecule has 0 saturated heterocycles. The summed E-state index contributed by atoms with van der Waals surface area (Å²) < 4.78 is 11.6. The highest BCUT2D eigenvalue weighted by molar-refractivity contribution is 6.03. The molecule has 5 heteroatoms. The van der Waals surface area contributed by atoms with Gasteiger partial charge in [-0.1, -0.05) is 42.5 Å². The number of carbonyl (C=O) groups is 1. The number of carboxylic acid groups (broad SMARTS) is 1. The van der Waals surface area contributed by atoms with Gasteiger partial charge in [-0.25, -0.2) is 4.79 Å². The van der Waals surface area contributed by atoms with Crippen molar-refractivity contribution in [3.05, 3.63) is 102 Å². The lowest BCUT2D eigenvalue weighted by atomic mass is 10.0. The molecule has 0 saturated carbocycles. The fraction of sp³-hybridized carbons (Fsp3) is 0.111. The number of ether oxygens (including phenoxy) is 2. The fourth-order valence-corrected chi connectivity index (χ4v) is 3.37. The minimum absolute atomic E-state index is 0.252. The number of fused-ring (bicyclic) bond motifs is 1. The van der Waals surface area contributed by atoms with Crippen molar-refractivity contribution >= 4 is 28.6 Å². The first-order chi connectivity index (χ1) is 15.6. The first-order valence-electron chi connectivity index (χ1n) is 10.4. The van der Waals surface area contributed by atoms with Crippen LogP contribution < -0.4 is 9.47 Å². The zero-order valence-corrected chi connectivity index (χ0v) is 17.7. The third kappa shape index (κ3) is 4.95. The highest BCUT2D eigenvalue weighted by atomic mass is 16.5. The Balaban J connectivity index is 1.61. The first kappa shape index (κ1) is 21.1. The summed E-state index contributed by atoms with van der Waals surface area (Å²) in [7, 11) is 0. The van der Waals surface area contributed by atoms with E-state index >= 15 is 0 Å². The van der Waals surface area contributed by atoms with Crippen molar-refractivity contribution in [3.63, 3.8) is 0 Å². The summed E-state index contributed by atoms with van der Waals surface area (Å²) in [6.45, 7) is 2.90. The maximum Gasteiger partial charge on any atom is 0.335 e. The molecule has 0 aromatic heterocycles. The van der Waals surface area contributed by atoms with Crippen LogP contribution in [0.4, 0.5) is 5.69 Å².